The molecular weight excluding hydrogens is 225 g/mol. The first-order valence-electron chi connectivity index (χ1n) is 5.18. The average molecular weight is 241 g/mol. The van der Waals surface area contributed by atoms with Gasteiger partial charge in [-0.05, 0) is 26.0 Å². The minimum Gasteiger partial charge on any atom is -0.489 e. The third kappa shape index (κ3) is 3.32. The summed E-state index contributed by atoms with van der Waals surface area (Å²) in [4.78, 5) is 11.4. The van der Waals surface area contributed by atoms with E-state index >= 15 is 0 Å². The lowest BCUT2D eigenvalue weighted by Gasteiger charge is -2.20. The topological polar surface area (TPSA) is 67.6 Å². The molecule has 0 heterocycles. The van der Waals surface area contributed by atoms with Crippen molar-refractivity contribution in [2.75, 3.05) is 12.1 Å². The lowest BCUT2D eigenvalue weighted by atomic mass is 10.2. The molecule has 0 saturated heterocycles. The molecule has 94 valence electrons. The molecule has 6 heteroatoms. The Bertz CT molecular complexity index is 410. The van der Waals surface area contributed by atoms with Gasteiger partial charge in [0.15, 0.2) is 0 Å². The molecule has 0 bridgehead atoms. The number of hydrogen-bond donors (Lipinski definition) is 2. The zero-order valence-electron chi connectivity index (χ0n) is 10.0. The van der Waals surface area contributed by atoms with Gasteiger partial charge in [0, 0.05) is 13.1 Å². The lowest BCUT2D eigenvalue weighted by Crippen LogP contribution is -2.43. The molecule has 0 fully saturated rings. The van der Waals surface area contributed by atoms with Crippen LogP contribution < -0.4 is 20.9 Å². The van der Waals surface area contributed by atoms with Crippen molar-refractivity contribution in [3.63, 3.8) is 0 Å². The number of carbonyl (C=O) groups is 1. The van der Waals surface area contributed by atoms with Gasteiger partial charge in [0.2, 0.25) is 0 Å². The van der Waals surface area contributed by atoms with Crippen LogP contribution in [0.5, 0.6) is 5.75 Å². The number of halogens is 1. The highest BCUT2D eigenvalue weighted by atomic mass is 19.1. The third-order valence-electron chi connectivity index (χ3n) is 1.98. The first kappa shape index (κ1) is 13.2. The maximum atomic E-state index is 13.1. The molecule has 5 nitrogen and oxygen atoms in total. The molecule has 1 rings (SSSR count). The van der Waals surface area contributed by atoms with E-state index in [9.17, 15) is 9.18 Å². The number of ether oxygens (including phenoxy) is 1. The molecule has 1 aromatic rings. The average Bonchev–Trinajstić information content (AvgIpc) is 2.26. The van der Waals surface area contributed by atoms with Crippen LogP contribution >= 0.6 is 0 Å². The SMILES string of the molecule is CNC(=O)N(N)c1ccc(F)cc1OC(C)C. The van der Waals surface area contributed by atoms with E-state index in [1.54, 1.807) is 13.8 Å². The predicted octanol–water partition coefficient (Wildman–Crippen LogP) is 1.63. The van der Waals surface area contributed by atoms with E-state index in [4.69, 9.17) is 10.6 Å². The number of carbonyl (C=O) groups excluding carboxylic acids is 1. The zero-order chi connectivity index (χ0) is 13.0. The number of hydrogen-bond acceptors (Lipinski definition) is 3. The number of anilines is 1. The molecule has 0 saturated carbocycles. The summed E-state index contributed by atoms with van der Waals surface area (Å²) < 4.78 is 18.5. The van der Waals surface area contributed by atoms with Crippen LogP contribution in [0.25, 0.3) is 0 Å². The Labute approximate surface area is 99.3 Å². The largest absolute Gasteiger partial charge is 0.489 e. The molecule has 2 amide bonds. The van der Waals surface area contributed by atoms with E-state index in [1.807, 2.05) is 0 Å². The summed E-state index contributed by atoms with van der Waals surface area (Å²) in [5.41, 5.74) is 0.305. The predicted molar refractivity (Wildman–Crippen MR) is 63.3 cm³/mol. The van der Waals surface area contributed by atoms with Crippen LogP contribution in [-0.4, -0.2) is 19.2 Å². The van der Waals surface area contributed by atoms with Gasteiger partial charge in [0.25, 0.3) is 0 Å². The van der Waals surface area contributed by atoms with Crippen LogP contribution in [0.4, 0.5) is 14.9 Å². The van der Waals surface area contributed by atoms with Crippen LogP contribution in [0.2, 0.25) is 0 Å². The minimum absolute atomic E-state index is 0.145. The summed E-state index contributed by atoms with van der Waals surface area (Å²) >= 11 is 0. The quantitative estimate of drug-likeness (QED) is 0.480. The number of rotatable bonds is 3. The highest BCUT2D eigenvalue weighted by Gasteiger charge is 2.16. The van der Waals surface area contributed by atoms with Crippen molar-refractivity contribution < 1.29 is 13.9 Å². The fraction of sp³-hybridized carbons (Fsp3) is 0.364. The van der Waals surface area contributed by atoms with Gasteiger partial charge in [-0.1, -0.05) is 0 Å². The van der Waals surface area contributed by atoms with Gasteiger partial charge in [0.05, 0.1) is 6.10 Å². The Morgan fingerprint density at radius 1 is 1.53 bits per heavy atom. The number of urea groups is 1. The Balaban J connectivity index is 3.09. The maximum Gasteiger partial charge on any atom is 0.336 e. The second-order valence-corrected chi connectivity index (χ2v) is 3.70. The summed E-state index contributed by atoms with van der Waals surface area (Å²) in [6, 6.07) is 3.29. The summed E-state index contributed by atoms with van der Waals surface area (Å²) in [5.74, 6) is 5.37. The fourth-order valence-electron chi connectivity index (χ4n) is 1.27. The third-order valence-corrected chi connectivity index (χ3v) is 1.98. The lowest BCUT2D eigenvalue weighted by molar-refractivity contribution is 0.238. The van der Waals surface area contributed by atoms with E-state index in [0.29, 0.717) is 5.69 Å². The molecule has 0 atom stereocenters. The van der Waals surface area contributed by atoms with Crippen LogP contribution in [0.15, 0.2) is 18.2 Å². The Morgan fingerprint density at radius 3 is 2.71 bits per heavy atom. The molecule has 3 N–H and O–H groups in total. The zero-order valence-corrected chi connectivity index (χ0v) is 10.0. The second-order valence-electron chi connectivity index (χ2n) is 3.70. The first-order valence-corrected chi connectivity index (χ1v) is 5.18. The van der Waals surface area contributed by atoms with E-state index in [2.05, 4.69) is 5.32 Å². The van der Waals surface area contributed by atoms with Crippen LogP contribution in [0.3, 0.4) is 0 Å². The van der Waals surface area contributed by atoms with Gasteiger partial charge in [-0.15, -0.1) is 0 Å². The first-order chi connectivity index (χ1) is 7.95. The number of hydrazine groups is 1. The van der Waals surface area contributed by atoms with Gasteiger partial charge in [-0.25, -0.2) is 20.0 Å². The van der Waals surface area contributed by atoms with Crippen molar-refractivity contribution in [3.8, 4) is 5.75 Å². The number of amides is 2. The van der Waals surface area contributed by atoms with Gasteiger partial charge >= 0.3 is 6.03 Å². The summed E-state index contributed by atoms with van der Waals surface area (Å²) in [6.07, 6.45) is -0.145. The van der Waals surface area contributed by atoms with Gasteiger partial charge in [0.1, 0.15) is 17.3 Å². The van der Waals surface area contributed by atoms with Crippen molar-refractivity contribution in [1.29, 1.82) is 0 Å². The van der Waals surface area contributed by atoms with Crippen molar-refractivity contribution in [2.45, 2.75) is 20.0 Å². The normalized spacial score (nSPS) is 10.2. The van der Waals surface area contributed by atoms with E-state index in [0.717, 1.165) is 5.01 Å². The van der Waals surface area contributed by atoms with Crippen molar-refractivity contribution in [3.05, 3.63) is 24.0 Å². The van der Waals surface area contributed by atoms with Gasteiger partial charge in [-0.2, -0.15) is 0 Å². The van der Waals surface area contributed by atoms with Crippen LogP contribution in [0.1, 0.15) is 13.8 Å². The molecule has 1 aromatic carbocycles. The fourth-order valence-corrected chi connectivity index (χ4v) is 1.27. The summed E-state index contributed by atoms with van der Waals surface area (Å²) in [7, 11) is 1.45. The minimum atomic E-state index is -0.509. The molecule has 0 radical (unpaired) electrons. The molecular formula is C11H16FN3O2. The van der Waals surface area contributed by atoms with Crippen LogP contribution in [-0.2, 0) is 0 Å². The van der Waals surface area contributed by atoms with Crippen molar-refractivity contribution in [2.24, 2.45) is 5.84 Å². The van der Waals surface area contributed by atoms with E-state index in [-0.39, 0.29) is 11.9 Å². The van der Waals surface area contributed by atoms with Crippen LogP contribution in [0, 0.1) is 5.82 Å². The second kappa shape index (κ2) is 5.49. The highest BCUT2D eigenvalue weighted by molar-refractivity contribution is 5.92. The molecule has 0 unspecified atom stereocenters. The highest BCUT2D eigenvalue weighted by Crippen LogP contribution is 2.28. The Hall–Kier alpha value is -1.82. The standard InChI is InChI=1S/C11H16FN3O2/c1-7(2)17-10-6-8(12)4-5-9(10)15(13)11(16)14-3/h4-7H,13H2,1-3H3,(H,14,16). The molecule has 0 aromatic heterocycles. The van der Waals surface area contributed by atoms with Crippen molar-refractivity contribution >= 4 is 11.7 Å². The van der Waals surface area contributed by atoms with E-state index in [1.165, 1.54) is 25.2 Å². The Morgan fingerprint density at radius 2 is 2.18 bits per heavy atom. The number of nitrogens with one attached hydrogen (secondary N) is 1. The number of nitrogens with zero attached hydrogens (tertiary/aromatic N) is 1. The molecule has 0 aliphatic rings. The van der Waals surface area contributed by atoms with Crippen molar-refractivity contribution in [1.82, 2.24) is 5.32 Å². The molecule has 0 aliphatic carbocycles. The maximum absolute atomic E-state index is 13.1. The number of nitrogens with two attached hydrogens (primary N) is 1. The molecule has 0 aliphatic heterocycles. The molecule has 17 heavy (non-hydrogen) atoms. The van der Waals surface area contributed by atoms with E-state index < -0.39 is 11.8 Å². The Kier molecular flexibility index (Phi) is 4.28. The monoisotopic (exact) mass is 241 g/mol. The van der Waals surface area contributed by atoms with Gasteiger partial charge < -0.3 is 10.1 Å². The summed E-state index contributed by atoms with van der Waals surface area (Å²) in [5, 5.41) is 3.24. The van der Waals surface area contributed by atoms with Gasteiger partial charge in [-0.3, -0.25) is 0 Å². The molecule has 0 spiro atoms. The number of benzene rings is 1. The smallest absolute Gasteiger partial charge is 0.336 e. The summed E-state index contributed by atoms with van der Waals surface area (Å²) in [6.45, 7) is 3.60.